The summed E-state index contributed by atoms with van der Waals surface area (Å²) in [6.07, 6.45) is 7.34. The zero-order valence-corrected chi connectivity index (χ0v) is 16.6. The maximum atomic E-state index is 2.47. The van der Waals surface area contributed by atoms with Gasteiger partial charge in [-0.05, 0) is 25.2 Å². The Morgan fingerprint density at radius 3 is 1.83 bits per heavy atom. The van der Waals surface area contributed by atoms with Gasteiger partial charge in [0.2, 0.25) is 0 Å². The maximum absolute atomic E-state index is 2.47. The molecule has 2 nitrogen and oxygen atoms in total. The predicted octanol–water partition coefficient (Wildman–Crippen LogP) is -3.89. The predicted molar refractivity (Wildman–Crippen MR) is 69.2 cm³/mol. The first-order chi connectivity index (χ1) is 7.49. The van der Waals surface area contributed by atoms with Gasteiger partial charge in [0.25, 0.3) is 0 Å². The lowest BCUT2D eigenvalue weighted by molar-refractivity contribution is -0.902. The summed E-state index contributed by atoms with van der Waals surface area (Å²) in [4.78, 5) is 0. The number of halogens is 2. The van der Waals surface area contributed by atoms with Crippen molar-refractivity contribution in [3.05, 3.63) is 0 Å². The van der Waals surface area contributed by atoms with Crippen LogP contribution in [0.4, 0.5) is 0 Å². The number of likely N-dealkylation sites (tertiary alicyclic amines) is 2. The molecule has 0 bridgehead atoms. The second kappa shape index (κ2) is 7.98. The van der Waals surface area contributed by atoms with Crippen LogP contribution >= 0.6 is 0 Å². The third-order valence-corrected chi connectivity index (χ3v) is 5.01. The highest BCUT2D eigenvalue weighted by molar-refractivity contribution is 4.64. The minimum atomic E-state index is 0. The lowest BCUT2D eigenvalue weighted by atomic mass is 9.92. The molecule has 0 spiro atoms. The van der Waals surface area contributed by atoms with Gasteiger partial charge in [-0.15, -0.1) is 0 Å². The van der Waals surface area contributed by atoms with Gasteiger partial charge in [-0.1, -0.05) is 0 Å². The van der Waals surface area contributed by atoms with E-state index in [-0.39, 0.29) is 48.0 Å². The highest BCUT2D eigenvalue weighted by atomic mass is 127. The van der Waals surface area contributed by atoms with E-state index in [2.05, 4.69) is 21.1 Å². The van der Waals surface area contributed by atoms with E-state index in [1.807, 2.05) is 0 Å². The second-order valence-electron chi connectivity index (χ2n) is 7.11. The molecule has 110 valence electrons. The molecule has 0 radical (unpaired) electrons. The van der Waals surface area contributed by atoms with Gasteiger partial charge in [-0.2, -0.15) is 0 Å². The Bertz CT molecular complexity index is 228. The number of nitrogens with zero attached hydrogens (tertiary/aromatic N) is 2. The summed E-state index contributed by atoms with van der Waals surface area (Å²) in [6, 6.07) is 0. The summed E-state index contributed by atoms with van der Waals surface area (Å²) in [7, 11) is 7.23. The van der Waals surface area contributed by atoms with Crippen molar-refractivity contribution >= 4 is 0 Å². The van der Waals surface area contributed by atoms with Gasteiger partial charge < -0.3 is 56.9 Å². The molecule has 0 aromatic heterocycles. The largest absolute Gasteiger partial charge is 1.00 e. The van der Waals surface area contributed by atoms with Crippen molar-refractivity contribution in [3.8, 4) is 0 Å². The first-order valence-electron chi connectivity index (χ1n) is 7.15. The van der Waals surface area contributed by atoms with Crippen LogP contribution in [0.5, 0.6) is 0 Å². The Kier molecular flexibility index (Phi) is 8.59. The van der Waals surface area contributed by atoms with Crippen LogP contribution < -0.4 is 48.0 Å². The fourth-order valence-electron chi connectivity index (χ4n) is 3.43. The summed E-state index contributed by atoms with van der Waals surface area (Å²) in [5, 5.41) is 0. The molecule has 2 heterocycles. The maximum Gasteiger partial charge on any atom is 0.0787 e. The van der Waals surface area contributed by atoms with Crippen LogP contribution in [0.1, 0.15) is 32.1 Å². The van der Waals surface area contributed by atoms with E-state index in [4.69, 9.17) is 0 Å². The number of hydrogen-bond acceptors (Lipinski definition) is 0. The molecule has 0 amide bonds. The fraction of sp³-hybridized carbons (Fsp3) is 1.00. The molecule has 0 atom stereocenters. The Balaban J connectivity index is 0.00000144. The third kappa shape index (κ3) is 5.79. The van der Waals surface area contributed by atoms with Crippen LogP contribution in [0.3, 0.4) is 0 Å². The van der Waals surface area contributed by atoms with Crippen molar-refractivity contribution in [2.24, 2.45) is 5.92 Å². The summed E-state index contributed by atoms with van der Waals surface area (Å²) < 4.78 is 2.62. The van der Waals surface area contributed by atoms with Crippen LogP contribution in [-0.4, -0.2) is 62.8 Å². The minimum Gasteiger partial charge on any atom is -1.00 e. The van der Waals surface area contributed by atoms with Gasteiger partial charge in [-0.25, -0.2) is 0 Å². The van der Waals surface area contributed by atoms with Gasteiger partial charge in [-0.3, -0.25) is 0 Å². The summed E-state index contributed by atoms with van der Waals surface area (Å²) in [5.74, 6) is 1.03. The molecule has 0 saturated carbocycles. The zero-order valence-electron chi connectivity index (χ0n) is 12.3. The van der Waals surface area contributed by atoms with Crippen molar-refractivity contribution in [3.63, 3.8) is 0 Å². The normalized spacial score (nSPS) is 26.2. The fourth-order valence-corrected chi connectivity index (χ4v) is 3.43. The van der Waals surface area contributed by atoms with E-state index in [0.29, 0.717) is 0 Å². The van der Waals surface area contributed by atoms with Crippen LogP contribution in [0.15, 0.2) is 0 Å². The summed E-state index contributed by atoms with van der Waals surface area (Å²) in [5.41, 5.74) is 0. The van der Waals surface area contributed by atoms with Crippen LogP contribution in [0.25, 0.3) is 0 Å². The number of piperidine rings is 1. The molecule has 0 N–H and O–H groups in total. The van der Waals surface area contributed by atoms with Gasteiger partial charge in [0.15, 0.2) is 0 Å². The molecule has 2 rings (SSSR count). The molecular formula is C14H30I2N2. The Labute approximate surface area is 148 Å². The smallest absolute Gasteiger partial charge is 0.0787 e. The molecule has 18 heavy (non-hydrogen) atoms. The Hall–Kier alpha value is 1.38. The zero-order chi connectivity index (χ0) is 11.6. The number of hydrogen-bond donors (Lipinski definition) is 0. The average molecular weight is 480 g/mol. The second-order valence-corrected chi connectivity index (χ2v) is 7.11. The minimum absolute atomic E-state index is 0. The molecule has 2 aliphatic heterocycles. The van der Waals surface area contributed by atoms with Crippen LogP contribution in [0.2, 0.25) is 0 Å². The van der Waals surface area contributed by atoms with Crippen molar-refractivity contribution < 1.29 is 56.9 Å². The molecule has 2 aliphatic rings. The Morgan fingerprint density at radius 2 is 1.33 bits per heavy atom. The SMILES string of the molecule is C[N+]1(C)CCC(CC[N+]2(C)CCCC2)CC1.[I-].[I-]. The molecule has 0 aromatic carbocycles. The van der Waals surface area contributed by atoms with Gasteiger partial charge in [0.05, 0.1) is 53.9 Å². The van der Waals surface area contributed by atoms with Crippen molar-refractivity contribution in [2.45, 2.75) is 32.1 Å². The first kappa shape index (κ1) is 19.4. The van der Waals surface area contributed by atoms with Crippen molar-refractivity contribution in [1.82, 2.24) is 0 Å². The molecular weight excluding hydrogens is 450 g/mol. The molecule has 0 aromatic rings. The average Bonchev–Trinajstić information content (AvgIpc) is 2.64. The molecule has 2 saturated heterocycles. The summed E-state index contributed by atoms with van der Waals surface area (Å²) in [6.45, 7) is 7.11. The van der Waals surface area contributed by atoms with Crippen LogP contribution in [-0.2, 0) is 0 Å². The highest BCUT2D eigenvalue weighted by Crippen LogP contribution is 2.25. The standard InChI is InChI=1S/C14H30N2.2HI/c1-15(2)11-6-14(7-12-15)8-13-16(3)9-4-5-10-16;;/h14H,4-13H2,1-3H3;2*1H/q+2;;/p-2. The highest BCUT2D eigenvalue weighted by Gasteiger charge is 2.30. The molecule has 4 heteroatoms. The Morgan fingerprint density at radius 1 is 0.833 bits per heavy atom. The van der Waals surface area contributed by atoms with Crippen LogP contribution in [0, 0.1) is 5.92 Å². The van der Waals surface area contributed by atoms with E-state index < -0.39 is 0 Å². The molecule has 0 aliphatic carbocycles. The number of quaternary nitrogens is 2. The van der Waals surface area contributed by atoms with E-state index >= 15 is 0 Å². The third-order valence-electron chi connectivity index (χ3n) is 5.01. The van der Waals surface area contributed by atoms with E-state index in [0.717, 1.165) is 5.92 Å². The quantitative estimate of drug-likeness (QED) is 0.287. The molecule has 2 fully saturated rings. The lowest BCUT2D eigenvalue weighted by Gasteiger charge is -2.38. The van der Waals surface area contributed by atoms with E-state index in [1.165, 1.54) is 73.8 Å². The van der Waals surface area contributed by atoms with E-state index in [1.54, 1.807) is 0 Å². The monoisotopic (exact) mass is 480 g/mol. The van der Waals surface area contributed by atoms with Crippen molar-refractivity contribution in [2.75, 3.05) is 53.9 Å². The van der Waals surface area contributed by atoms with Crippen molar-refractivity contribution in [1.29, 1.82) is 0 Å². The van der Waals surface area contributed by atoms with Gasteiger partial charge in [0.1, 0.15) is 0 Å². The van der Waals surface area contributed by atoms with Gasteiger partial charge >= 0.3 is 0 Å². The first-order valence-corrected chi connectivity index (χ1v) is 7.15. The molecule has 0 unspecified atom stereocenters. The topological polar surface area (TPSA) is 0 Å². The summed E-state index contributed by atoms with van der Waals surface area (Å²) >= 11 is 0. The number of rotatable bonds is 3. The van der Waals surface area contributed by atoms with Gasteiger partial charge in [0, 0.05) is 12.8 Å². The lowest BCUT2D eigenvalue weighted by Crippen LogP contribution is -3.00. The van der Waals surface area contributed by atoms with E-state index in [9.17, 15) is 0 Å².